The Morgan fingerprint density at radius 3 is 2.47 bits per heavy atom. The van der Waals surface area contributed by atoms with Gasteiger partial charge in [0.1, 0.15) is 5.82 Å². The topological polar surface area (TPSA) is 54.9 Å². The third-order valence-electron chi connectivity index (χ3n) is 4.31. The van der Waals surface area contributed by atoms with Gasteiger partial charge >= 0.3 is 6.18 Å². The Labute approximate surface area is 178 Å². The van der Waals surface area contributed by atoms with Gasteiger partial charge in [0.25, 0.3) is 5.91 Å². The lowest BCUT2D eigenvalue weighted by Crippen LogP contribution is -2.17. The fourth-order valence-corrected chi connectivity index (χ4v) is 3.30. The predicted octanol–water partition coefficient (Wildman–Crippen LogP) is 6.09. The molecule has 156 valence electrons. The van der Waals surface area contributed by atoms with E-state index in [2.05, 4.69) is 15.5 Å². The summed E-state index contributed by atoms with van der Waals surface area (Å²) in [5.41, 5.74) is 0.255. The average Bonchev–Trinajstić information content (AvgIpc) is 2.64. The highest BCUT2D eigenvalue weighted by Gasteiger charge is 2.34. The molecule has 0 aliphatic carbocycles. The predicted molar refractivity (Wildman–Crippen MR) is 105 cm³/mol. The molecule has 0 atom stereocenters. The molecule has 3 aromatic rings. The minimum atomic E-state index is -4.71. The number of carbonyl (C=O) groups excluding carboxylic acids is 1. The second-order valence-electron chi connectivity index (χ2n) is 6.46. The smallest absolute Gasteiger partial charge is 0.320 e. The van der Waals surface area contributed by atoms with Crippen molar-refractivity contribution >= 4 is 34.8 Å². The van der Waals surface area contributed by atoms with E-state index in [1.807, 2.05) is 0 Å². The summed E-state index contributed by atoms with van der Waals surface area (Å²) in [6.07, 6.45) is -3.51. The van der Waals surface area contributed by atoms with Crippen molar-refractivity contribution in [1.82, 2.24) is 10.2 Å². The summed E-state index contributed by atoms with van der Waals surface area (Å²) < 4.78 is 53.5. The van der Waals surface area contributed by atoms with Gasteiger partial charge in [-0.05, 0) is 54.3 Å². The largest absolute Gasteiger partial charge is 0.417 e. The number of hydrogen-bond donors (Lipinski definition) is 1. The van der Waals surface area contributed by atoms with Gasteiger partial charge in [0.2, 0.25) is 0 Å². The van der Waals surface area contributed by atoms with Crippen molar-refractivity contribution in [3.63, 3.8) is 0 Å². The number of nitrogens with zero attached hydrogens (tertiary/aromatic N) is 2. The van der Waals surface area contributed by atoms with Gasteiger partial charge in [-0.1, -0.05) is 29.3 Å². The molecule has 4 nitrogen and oxygen atoms in total. The van der Waals surface area contributed by atoms with Crippen LogP contribution in [0.2, 0.25) is 10.2 Å². The Bertz CT molecular complexity index is 1120. The molecule has 1 aromatic heterocycles. The molecule has 0 fully saturated rings. The minimum Gasteiger partial charge on any atom is -0.320 e. The van der Waals surface area contributed by atoms with E-state index in [0.717, 1.165) is 12.1 Å². The molecule has 0 saturated carbocycles. The zero-order valence-electron chi connectivity index (χ0n) is 15.3. The Kier molecular flexibility index (Phi) is 6.28. The maximum absolute atomic E-state index is 13.4. The number of halogens is 6. The van der Waals surface area contributed by atoms with Crippen LogP contribution in [0.3, 0.4) is 0 Å². The van der Waals surface area contributed by atoms with E-state index in [1.54, 1.807) is 6.92 Å². The van der Waals surface area contributed by atoms with E-state index in [1.165, 1.54) is 30.5 Å². The van der Waals surface area contributed by atoms with E-state index >= 15 is 0 Å². The molecule has 0 unspecified atom stereocenters. The van der Waals surface area contributed by atoms with Crippen molar-refractivity contribution < 1.29 is 22.4 Å². The minimum absolute atomic E-state index is 0.0282. The first-order chi connectivity index (χ1) is 14.0. The van der Waals surface area contributed by atoms with E-state index in [9.17, 15) is 22.4 Å². The molecule has 1 N–H and O–H groups in total. The van der Waals surface area contributed by atoms with Gasteiger partial charge in [-0.2, -0.15) is 18.3 Å². The van der Waals surface area contributed by atoms with Crippen LogP contribution in [0.5, 0.6) is 0 Å². The number of nitrogens with one attached hydrogen (secondary N) is 1. The molecule has 2 aromatic carbocycles. The lowest BCUT2D eigenvalue weighted by molar-refractivity contribution is -0.137. The number of amides is 1. The van der Waals surface area contributed by atoms with Gasteiger partial charge in [-0.3, -0.25) is 4.79 Å². The lowest BCUT2D eigenvalue weighted by Gasteiger charge is -2.16. The zero-order valence-corrected chi connectivity index (χ0v) is 16.8. The third-order valence-corrected chi connectivity index (χ3v) is 4.81. The van der Waals surface area contributed by atoms with Gasteiger partial charge < -0.3 is 5.32 Å². The molecule has 1 heterocycles. The van der Waals surface area contributed by atoms with E-state index < -0.39 is 28.5 Å². The van der Waals surface area contributed by atoms with Crippen LogP contribution in [-0.2, 0) is 12.6 Å². The Balaban J connectivity index is 2.06. The fourth-order valence-electron chi connectivity index (χ4n) is 2.86. The number of hydrogen-bond acceptors (Lipinski definition) is 3. The lowest BCUT2D eigenvalue weighted by atomic mass is 9.94. The highest BCUT2D eigenvalue weighted by Crippen LogP contribution is 2.37. The van der Waals surface area contributed by atoms with E-state index in [0.29, 0.717) is 11.1 Å². The van der Waals surface area contributed by atoms with Gasteiger partial charge in [0.15, 0.2) is 5.15 Å². The van der Waals surface area contributed by atoms with Crippen LogP contribution in [-0.4, -0.2) is 16.1 Å². The molecule has 0 bridgehead atoms. The zero-order chi connectivity index (χ0) is 22.1. The van der Waals surface area contributed by atoms with Crippen molar-refractivity contribution in [3.8, 4) is 0 Å². The highest BCUT2D eigenvalue weighted by atomic mass is 35.5. The molecule has 0 saturated heterocycles. The van der Waals surface area contributed by atoms with Gasteiger partial charge in [-0.15, -0.1) is 5.10 Å². The number of aromatic nitrogens is 2. The van der Waals surface area contributed by atoms with Crippen LogP contribution in [0.1, 0.15) is 32.6 Å². The van der Waals surface area contributed by atoms with Crippen molar-refractivity contribution in [1.29, 1.82) is 0 Å². The van der Waals surface area contributed by atoms with Crippen LogP contribution >= 0.6 is 23.2 Å². The number of aryl methyl sites for hydroxylation is 1. The van der Waals surface area contributed by atoms with Crippen LogP contribution < -0.4 is 5.32 Å². The summed E-state index contributed by atoms with van der Waals surface area (Å²) in [7, 11) is 0. The number of rotatable bonds is 4. The van der Waals surface area contributed by atoms with Gasteiger partial charge in [0.05, 0.1) is 22.5 Å². The molecule has 0 spiro atoms. The number of anilines is 1. The summed E-state index contributed by atoms with van der Waals surface area (Å²) >= 11 is 11.6. The maximum Gasteiger partial charge on any atom is 0.417 e. The second-order valence-corrected chi connectivity index (χ2v) is 7.25. The molecule has 3 rings (SSSR count). The summed E-state index contributed by atoms with van der Waals surface area (Å²) in [6, 6.07) is 7.05. The van der Waals surface area contributed by atoms with Gasteiger partial charge in [-0.25, -0.2) is 4.39 Å². The number of alkyl halides is 3. The summed E-state index contributed by atoms with van der Waals surface area (Å²) in [6.45, 7) is 1.63. The first-order valence-electron chi connectivity index (χ1n) is 8.49. The van der Waals surface area contributed by atoms with E-state index in [-0.39, 0.29) is 28.4 Å². The molecule has 0 radical (unpaired) electrons. The quantitative estimate of drug-likeness (QED) is 0.482. The summed E-state index contributed by atoms with van der Waals surface area (Å²) in [5.74, 6) is -1.17. The van der Waals surface area contributed by atoms with Gasteiger partial charge in [0, 0.05) is 11.6 Å². The normalized spacial score (nSPS) is 11.4. The van der Waals surface area contributed by atoms with Crippen LogP contribution in [0, 0.1) is 12.7 Å². The molecule has 0 aliphatic heterocycles. The fraction of sp³-hybridized carbons (Fsp3) is 0.150. The van der Waals surface area contributed by atoms with Crippen molar-refractivity contribution in [2.45, 2.75) is 19.5 Å². The molecule has 0 aliphatic rings. The first kappa shape index (κ1) is 22.0. The Hall–Kier alpha value is -2.71. The summed E-state index contributed by atoms with van der Waals surface area (Å²) in [5, 5.41) is 9.07. The first-order valence-corrected chi connectivity index (χ1v) is 9.24. The second kappa shape index (κ2) is 8.57. The molecule has 10 heteroatoms. The standard InChI is InChI=1S/C20H13Cl2F4N3O/c1-10-4-13(23)3-2-11(10)5-12-6-16(20(24,25)26)17(21)8-15(12)19(30)28-14-7-18(22)29-27-9-14/h2-4,6-9H,5H2,1H3,(H,28,29,30). The number of carbonyl (C=O) groups is 1. The van der Waals surface area contributed by atoms with Crippen LogP contribution in [0.4, 0.5) is 23.2 Å². The van der Waals surface area contributed by atoms with Crippen LogP contribution in [0.25, 0.3) is 0 Å². The molecule has 30 heavy (non-hydrogen) atoms. The van der Waals surface area contributed by atoms with Crippen molar-refractivity contribution in [2.24, 2.45) is 0 Å². The monoisotopic (exact) mass is 457 g/mol. The highest BCUT2D eigenvalue weighted by molar-refractivity contribution is 6.32. The molecular weight excluding hydrogens is 445 g/mol. The van der Waals surface area contributed by atoms with Crippen molar-refractivity contribution in [2.75, 3.05) is 5.32 Å². The van der Waals surface area contributed by atoms with Crippen molar-refractivity contribution in [3.05, 3.63) is 86.4 Å². The maximum atomic E-state index is 13.4. The average molecular weight is 458 g/mol. The molecule has 1 amide bonds. The Morgan fingerprint density at radius 1 is 1.10 bits per heavy atom. The van der Waals surface area contributed by atoms with E-state index in [4.69, 9.17) is 23.2 Å². The third kappa shape index (κ3) is 5.06. The summed E-state index contributed by atoms with van der Waals surface area (Å²) in [4.78, 5) is 12.8. The Morgan fingerprint density at radius 2 is 1.83 bits per heavy atom. The SMILES string of the molecule is Cc1cc(F)ccc1Cc1cc(C(F)(F)F)c(Cl)cc1C(=O)Nc1cnnc(Cl)c1. The molecular formula is C20H13Cl2F4N3O. The van der Waals surface area contributed by atoms with Crippen LogP contribution in [0.15, 0.2) is 42.6 Å². The number of benzene rings is 2.